The second kappa shape index (κ2) is 5.89. The van der Waals surface area contributed by atoms with Crippen LogP contribution in [0.4, 0.5) is 18.9 Å². The number of halogens is 3. The molecule has 0 aliphatic carbocycles. The van der Waals surface area contributed by atoms with E-state index < -0.39 is 18.6 Å². The Morgan fingerprint density at radius 2 is 2.12 bits per heavy atom. The normalized spacial score (nSPS) is 16.7. The molecule has 11 heteroatoms. The van der Waals surface area contributed by atoms with E-state index in [4.69, 9.17) is 4.74 Å². The van der Waals surface area contributed by atoms with E-state index in [9.17, 15) is 18.0 Å². The zero-order valence-electron chi connectivity index (χ0n) is 12.7. The van der Waals surface area contributed by atoms with E-state index >= 15 is 0 Å². The van der Waals surface area contributed by atoms with Crippen molar-refractivity contribution in [3.63, 3.8) is 0 Å². The zero-order valence-corrected chi connectivity index (χ0v) is 12.7. The highest BCUT2D eigenvalue weighted by Crippen LogP contribution is 2.28. The van der Waals surface area contributed by atoms with E-state index in [2.05, 4.69) is 20.7 Å². The molecule has 0 radical (unpaired) electrons. The minimum absolute atomic E-state index is 0.0276. The molecule has 1 aliphatic rings. The maximum Gasteiger partial charge on any atom is 0.408 e. The zero-order chi connectivity index (χ0) is 17.4. The Balaban J connectivity index is 1.60. The van der Waals surface area contributed by atoms with Gasteiger partial charge in [0.05, 0.1) is 37.8 Å². The van der Waals surface area contributed by atoms with Gasteiger partial charge in [-0.15, -0.1) is 5.10 Å². The predicted molar refractivity (Wildman–Crippen MR) is 75.2 cm³/mol. The number of carbonyl (C=O) groups excluding carboxylic acids is 1. The first-order chi connectivity index (χ1) is 11.2. The van der Waals surface area contributed by atoms with Gasteiger partial charge in [0.2, 0.25) is 0 Å². The molecule has 8 nitrogen and oxygen atoms in total. The van der Waals surface area contributed by atoms with Crippen LogP contribution in [-0.4, -0.2) is 50.1 Å². The van der Waals surface area contributed by atoms with Crippen molar-refractivity contribution in [3.05, 3.63) is 24.3 Å². The van der Waals surface area contributed by atoms with Gasteiger partial charge in [0.1, 0.15) is 6.54 Å². The molecule has 24 heavy (non-hydrogen) atoms. The van der Waals surface area contributed by atoms with Crippen LogP contribution in [0.5, 0.6) is 0 Å². The summed E-state index contributed by atoms with van der Waals surface area (Å²) < 4.78 is 44.2. The van der Waals surface area contributed by atoms with E-state index in [1.807, 2.05) is 6.92 Å². The second-order valence-corrected chi connectivity index (χ2v) is 6.10. The summed E-state index contributed by atoms with van der Waals surface area (Å²) in [5.41, 5.74) is 0.195. The molecule has 0 spiro atoms. The molecule has 130 valence electrons. The number of nitrogens with zero attached hydrogens (tertiary/aromatic N) is 5. The molecule has 1 N–H and O–H groups in total. The van der Waals surface area contributed by atoms with Gasteiger partial charge in [0, 0.05) is 11.6 Å². The highest BCUT2D eigenvalue weighted by atomic mass is 19.4. The van der Waals surface area contributed by atoms with Gasteiger partial charge in [0.25, 0.3) is 5.91 Å². The summed E-state index contributed by atoms with van der Waals surface area (Å²) in [5.74, 6) is -0.567. The highest BCUT2D eigenvalue weighted by Gasteiger charge is 2.34. The summed E-state index contributed by atoms with van der Waals surface area (Å²) in [6.07, 6.45) is -0.653. The lowest BCUT2D eigenvalue weighted by Crippen LogP contribution is -2.43. The standard InChI is InChI=1S/C13H15F3N6O2/c1-12(7-24-8-12)5-22-4-10(19-20-22)11(23)18-9-2-17-21(3-9)6-13(14,15)16/h2-4H,5-8H2,1H3,(H,18,23). The Labute approximate surface area is 134 Å². The number of anilines is 1. The number of rotatable bonds is 5. The molecular weight excluding hydrogens is 329 g/mol. The van der Waals surface area contributed by atoms with E-state index in [0.29, 0.717) is 24.4 Å². The number of hydrogen-bond acceptors (Lipinski definition) is 5. The molecule has 0 aromatic carbocycles. The fourth-order valence-corrected chi connectivity index (χ4v) is 2.31. The van der Waals surface area contributed by atoms with Gasteiger partial charge < -0.3 is 10.1 Å². The molecule has 2 aromatic heterocycles. The van der Waals surface area contributed by atoms with Crippen LogP contribution in [0, 0.1) is 5.41 Å². The van der Waals surface area contributed by atoms with Gasteiger partial charge in [0.15, 0.2) is 5.69 Å². The van der Waals surface area contributed by atoms with Gasteiger partial charge in [-0.1, -0.05) is 12.1 Å². The van der Waals surface area contributed by atoms with Crippen molar-refractivity contribution in [1.29, 1.82) is 0 Å². The number of hydrogen-bond donors (Lipinski definition) is 1. The minimum atomic E-state index is -4.38. The van der Waals surface area contributed by atoms with Gasteiger partial charge in [-0.05, 0) is 0 Å². The number of carbonyl (C=O) groups is 1. The summed E-state index contributed by atoms with van der Waals surface area (Å²) in [6, 6.07) is 0. The lowest BCUT2D eigenvalue weighted by molar-refractivity contribution is -0.142. The average Bonchev–Trinajstić information content (AvgIpc) is 3.05. The molecule has 0 atom stereocenters. The average molecular weight is 344 g/mol. The van der Waals surface area contributed by atoms with Crippen molar-refractivity contribution in [2.24, 2.45) is 5.41 Å². The Morgan fingerprint density at radius 3 is 2.75 bits per heavy atom. The molecule has 0 bridgehead atoms. The summed E-state index contributed by atoms with van der Waals surface area (Å²) in [6.45, 7) is 2.61. The first-order valence-corrected chi connectivity index (χ1v) is 7.11. The Morgan fingerprint density at radius 1 is 1.38 bits per heavy atom. The monoisotopic (exact) mass is 344 g/mol. The third-order valence-corrected chi connectivity index (χ3v) is 3.45. The van der Waals surface area contributed by atoms with Crippen LogP contribution >= 0.6 is 0 Å². The van der Waals surface area contributed by atoms with E-state index in [-0.39, 0.29) is 16.8 Å². The number of aromatic nitrogens is 5. The first kappa shape index (κ1) is 16.4. The van der Waals surface area contributed by atoms with Crippen LogP contribution < -0.4 is 5.32 Å². The van der Waals surface area contributed by atoms with Crippen molar-refractivity contribution in [2.75, 3.05) is 18.5 Å². The number of ether oxygens (including phenoxy) is 1. The molecule has 0 saturated carbocycles. The van der Waals surface area contributed by atoms with Crippen molar-refractivity contribution in [2.45, 2.75) is 26.2 Å². The number of alkyl halides is 3. The highest BCUT2D eigenvalue weighted by molar-refractivity contribution is 6.02. The Bertz CT molecular complexity index is 734. The predicted octanol–water partition coefficient (Wildman–Crippen LogP) is 1.33. The van der Waals surface area contributed by atoms with Crippen molar-refractivity contribution in [1.82, 2.24) is 24.8 Å². The molecule has 3 heterocycles. The van der Waals surface area contributed by atoms with Crippen LogP contribution in [0.2, 0.25) is 0 Å². The van der Waals surface area contributed by atoms with Crippen LogP contribution in [0.25, 0.3) is 0 Å². The van der Waals surface area contributed by atoms with Gasteiger partial charge in [-0.25, -0.2) is 0 Å². The number of amides is 1. The molecule has 3 rings (SSSR count). The van der Waals surface area contributed by atoms with E-state index in [0.717, 1.165) is 12.4 Å². The maximum absolute atomic E-state index is 12.3. The molecule has 0 unspecified atom stereocenters. The minimum Gasteiger partial charge on any atom is -0.380 e. The van der Waals surface area contributed by atoms with Crippen LogP contribution in [0.3, 0.4) is 0 Å². The van der Waals surface area contributed by atoms with Crippen LogP contribution in [0.15, 0.2) is 18.6 Å². The summed E-state index contributed by atoms with van der Waals surface area (Å²) in [7, 11) is 0. The van der Waals surface area contributed by atoms with Crippen molar-refractivity contribution < 1.29 is 22.7 Å². The molecular formula is C13H15F3N6O2. The number of nitrogens with one attached hydrogen (secondary N) is 1. The quantitative estimate of drug-likeness (QED) is 0.884. The fourth-order valence-electron chi connectivity index (χ4n) is 2.31. The van der Waals surface area contributed by atoms with Crippen LogP contribution in [-0.2, 0) is 17.8 Å². The molecule has 1 aliphatic heterocycles. The van der Waals surface area contributed by atoms with Crippen molar-refractivity contribution >= 4 is 11.6 Å². The summed E-state index contributed by atoms with van der Waals surface area (Å²) in [4.78, 5) is 12.1. The fraction of sp³-hybridized carbons (Fsp3) is 0.538. The first-order valence-electron chi connectivity index (χ1n) is 7.11. The van der Waals surface area contributed by atoms with Crippen LogP contribution in [0.1, 0.15) is 17.4 Å². The summed E-state index contributed by atoms with van der Waals surface area (Å²) in [5, 5.41) is 13.6. The van der Waals surface area contributed by atoms with Crippen molar-refractivity contribution in [3.8, 4) is 0 Å². The van der Waals surface area contributed by atoms with Gasteiger partial charge >= 0.3 is 6.18 Å². The maximum atomic E-state index is 12.3. The molecule has 1 fully saturated rings. The lowest BCUT2D eigenvalue weighted by Gasteiger charge is -2.37. The molecule has 1 amide bonds. The SMILES string of the molecule is CC1(Cn2cc(C(=O)Nc3cnn(CC(F)(F)F)c3)nn2)COC1. The topological polar surface area (TPSA) is 86.9 Å². The Hall–Kier alpha value is -2.43. The molecule has 1 saturated heterocycles. The van der Waals surface area contributed by atoms with E-state index in [1.54, 1.807) is 4.68 Å². The third-order valence-electron chi connectivity index (χ3n) is 3.45. The van der Waals surface area contributed by atoms with Gasteiger partial charge in [-0.2, -0.15) is 18.3 Å². The van der Waals surface area contributed by atoms with E-state index in [1.165, 1.54) is 6.20 Å². The smallest absolute Gasteiger partial charge is 0.380 e. The van der Waals surface area contributed by atoms with Gasteiger partial charge in [-0.3, -0.25) is 14.2 Å². The summed E-state index contributed by atoms with van der Waals surface area (Å²) >= 11 is 0. The Kier molecular flexibility index (Phi) is 4.03. The third kappa shape index (κ3) is 3.91. The second-order valence-electron chi connectivity index (χ2n) is 6.10. The molecule has 2 aromatic rings. The lowest BCUT2D eigenvalue weighted by atomic mass is 9.89. The largest absolute Gasteiger partial charge is 0.408 e.